The lowest BCUT2D eigenvalue weighted by Gasteiger charge is -2.24. The first-order valence-electron chi connectivity index (χ1n) is 6.43. The minimum Gasteiger partial charge on any atom is -0.406 e. The zero-order chi connectivity index (χ0) is 14.0. The monoisotopic (exact) mass is 273 g/mol. The lowest BCUT2D eigenvalue weighted by molar-refractivity contribution is -0.274. The van der Waals surface area contributed by atoms with Crippen LogP contribution in [0.25, 0.3) is 0 Å². The number of nitrogens with one attached hydrogen (secondary N) is 1. The molecule has 1 aromatic carbocycles. The minimum atomic E-state index is -4.64. The van der Waals surface area contributed by atoms with Gasteiger partial charge in [-0.05, 0) is 49.4 Å². The highest BCUT2D eigenvalue weighted by Gasteiger charge is 2.34. The van der Waals surface area contributed by atoms with Gasteiger partial charge in [0.2, 0.25) is 0 Å². The van der Waals surface area contributed by atoms with Crippen LogP contribution in [0.1, 0.15) is 31.4 Å². The van der Waals surface area contributed by atoms with Crippen molar-refractivity contribution in [2.24, 2.45) is 11.8 Å². The molecule has 0 aliphatic heterocycles. The Balaban J connectivity index is 2.16. The minimum absolute atomic E-state index is 0.0595. The number of benzene rings is 1. The van der Waals surface area contributed by atoms with Crippen LogP contribution in [0.4, 0.5) is 13.2 Å². The number of hydrogen-bond donors (Lipinski definition) is 1. The Labute approximate surface area is 111 Å². The molecule has 1 aliphatic rings. The predicted molar refractivity (Wildman–Crippen MR) is 66.8 cm³/mol. The Kier molecular flexibility index (Phi) is 4.04. The highest BCUT2D eigenvalue weighted by molar-refractivity contribution is 5.31. The highest BCUT2D eigenvalue weighted by Crippen LogP contribution is 2.43. The largest absolute Gasteiger partial charge is 0.573 e. The average molecular weight is 273 g/mol. The normalized spacial score (nSPS) is 19.0. The third-order valence-corrected chi connectivity index (χ3v) is 3.65. The highest BCUT2D eigenvalue weighted by atomic mass is 19.4. The first kappa shape index (κ1) is 14.2. The first-order valence-corrected chi connectivity index (χ1v) is 6.43. The molecule has 0 amide bonds. The molecule has 1 aromatic rings. The summed E-state index contributed by atoms with van der Waals surface area (Å²) in [4.78, 5) is 0. The van der Waals surface area contributed by atoms with Crippen LogP contribution in [0.15, 0.2) is 24.3 Å². The van der Waals surface area contributed by atoms with Crippen molar-refractivity contribution in [2.75, 3.05) is 7.05 Å². The van der Waals surface area contributed by atoms with E-state index >= 15 is 0 Å². The van der Waals surface area contributed by atoms with Crippen molar-refractivity contribution in [1.82, 2.24) is 5.32 Å². The van der Waals surface area contributed by atoms with E-state index in [1.807, 2.05) is 13.1 Å². The summed E-state index contributed by atoms with van der Waals surface area (Å²) in [5.41, 5.74) is 0.837. The molecule has 0 aromatic heterocycles. The average Bonchev–Trinajstić information content (AvgIpc) is 3.11. The summed E-state index contributed by atoms with van der Waals surface area (Å²) >= 11 is 0. The van der Waals surface area contributed by atoms with Gasteiger partial charge in [-0.3, -0.25) is 0 Å². The van der Waals surface area contributed by atoms with Gasteiger partial charge >= 0.3 is 6.36 Å². The van der Waals surface area contributed by atoms with Crippen LogP contribution >= 0.6 is 0 Å². The maximum absolute atomic E-state index is 12.2. The molecule has 106 valence electrons. The van der Waals surface area contributed by atoms with Gasteiger partial charge in [-0.15, -0.1) is 13.2 Å². The zero-order valence-electron chi connectivity index (χ0n) is 11.0. The van der Waals surface area contributed by atoms with Crippen molar-refractivity contribution < 1.29 is 17.9 Å². The standard InChI is InChI=1S/C14H18F3NO/c1-9(10-6-7-10)13(18-2)11-4-3-5-12(8-11)19-14(15,16)17/h3-5,8-10,13,18H,6-7H2,1-2H3. The summed E-state index contributed by atoms with van der Waals surface area (Å²) in [5.74, 6) is 0.920. The molecule has 1 fully saturated rings. The van der Waals surface area contributed by atoms with E-state index in [1.165, 1.54) is 25.0 Å². The molecule has 0 radical (unpaired) electrons. The van der Waals surface area contributed by atoms with Gasteiger partial charge in [-0.2, -0.15) is 0 Å². The molecule has 0 spiro atoms. The number of hydrogen-bond acceptors (Lipinski definition) is 2. The van der Waals surface area contributed by atoms with Crippen molar-refractivity contribution in [2.45, 2.75) is 32.2 Å². The Bertz CT molecular complexity index is 429. The number of alkyl halides is 3. The molecule has 1 aliphatic carbocycles. The van der Waals surface area contributed by atoms with Gasteiger partial charge in [0.05, 0.1) is 0 Å². The van der Waals surface area contributed by atoms with E-state index in [0.29, 0.717) is 11.8 Å². The Hall–Kier alpha value is -1.23. The van der Waals surface area contributed by atoms with Gasteiger partial charge < -0.3 is 10.1 Å². The van der Waals surface area contributed by atoms with E-state index in [0.717, 1.165) is 5.56 Å². The third-order valence-electron chi connectivity index (χ3n) is 3.65. The maximum atomic E-state index is 12.2. The number of ether oxygens (including phenoxy) is 1. The molecule has 19 heavy (non-hydrogen) atoms. The second-order valence-electron chi connectivity index (χ2n) is 5.08. The molecule has 2 rings (SSSR count). The van der Waals surface area contributed by atoms with Crippen molar-refractivity contribution in [1.29, 1.82) is 0 Å². The topological polar surface area (TPSA) is 21.3 Å². The molecule has 1 N–H and O–H groups in total. The molecule has 5 heteroatoms. The fourth-order valence-corrected chi connectivity index (χ4v) is 2.53. The van der Waals surface area contributed by atoms with E-state index in [4.69, 9.17) is 0 Å². The number of halogens is 3. The predicted octanol–water partition coefficient (Wildman–Crippen LogP) is 3.89. The summed E-state index contributed by atoms with van der Waals surface area (Å²) in [6.45, 7) is 2.14. The van der Waals surface area contributed by atoms with E-state index in [9.17, 15) is 13.2 Å². The quantitative estimate of drug-likeness (QED) is 0.878. The zero-order valence-corrected chi connectivity index (χ0v) is 11.0. The van der Waals surface area contributed by atoms with Crippen LogP contribution in [0.2, 0.25) is 0 Å². The fraction of sp³-hybridized carbons (Fsp3) is 0.571. The Morgan fingerprint density at radius 2 is 2.00 bits per heavy atom. The van der Waals surface area contributed by atoms with Gasteiger partial charge in [0.25, 0.3) is 0 Å². The molecule has 2 nitrogen and oxygen atoms in total. The van der Waals surface area contributed by atoms with Gasteiger partial charge in [0, 0.05) is 6.04 Å². The summed E-state index contributed by atoms with van der Waals surface area (Å²) in [5, 5.41) is 3.19. The summed E-state index contributed by atoms with van der Waals surface area (Å²) in [6.07, 6.45) is -2.23. The molecule has 2 atom stereocenters. The fourth-order valence-electron chi connectivity index (χ4n) is 2.53. The Morgan fingerprint density at radius 1 is 1.32 bits per heavy atom. The van der Waals surface area contributed by atoms with Crippen LogP contribution in [-0.4, -0.2) is 13.4 Å². The lowest BCUT2D eigenvalue weighted by atomic mass is 9.91. The van der Waals surface area contributed by atoms with Crippen LogP contribution in [0, 0.1) is 11.8 Å². The van der Waals surface area contributed by atoms with Crippen LogP contribution in [0.3, 0.4) is 0 Å². The van der Waals surface area contributed by atoms with E-state index in [1.54, 1.807) is 6.07 Å². The van der Waals surface area contributed by atoms with E-state index in [2.05, 4.69) is 17.0 Å². The molecule has 0 saturated heterocycles. The van der Waals surface area contributed by atoms with Crippen molar-refractivity contribution in [3.63, 3.8) is 0 Å². The van der Waals surface area contributed by atoms with Crippen LogP contribution in [0.5, 0.6) is 5.75 Å². The molecular weight excluding hydrogens is 255 g/mol. The van der Waals surface area contributed by atoms with Gasteiger partial charge in [0.15, 0.2) is 0 Å². The molecule has 0 bridgehead atoms. The van der Waals surface area contributed by atoms with Crippen molar-refractivity contribution in [3.8, 4) is 5.75 Å². The second kappa shape index (κ2) is 5.41. The third kappa shape index (κ3) is 3.86. The summed E-state index contributed by atoms with van der Waals surface area (Å²) < 4.78 is 40.6. The second-order valence-corrected chi connectivity index (χ2v) is 5.08. The van der Waals surface area contributed by atoms with E-state index in [-0.39, 0.29) is 11.8 Å². The summed E-state index contributed by atoms with van der Waals surface area (Å²) in [7, 11) is 1.83. The van der Waals surface area contributed by atoms with Crippen LogP contribution in [-0.2, 0) is 0 Å². The van der Waals surface area contributed by atoms with Gasteiger partial charge in [-0.25, -0.2) is 0 Å². The van der Waals surface area contributed by atoms with Crippen molar-refractivity contribution in [3.05, 3.63) is 29.8 Å². The lowest BCUT2D eigenvalue weighted by Crippen LogP contribution is -2.25. The van der Waals surface area contributed by atoms with Gasteiger partial charge in [-0.1, -0.05) is 19.1 Å². The SMILES string of the molecule is CNC(c1cccc(OC(F)(F)F)c1)C(C)C1CC1. The Morgan fingerprint density at radius 3 is 2.53 bits per heavy atom. The smallest absolute Gasteiger partial charge is 0.406 e. The van der Waals surface area contributed by atoms with E-state index < -0.39 is 6.36 Å². The van der Waals surface area contributed by atoms with Crippen molar-refractivity contribution >= 4 is 0 Å². The maximum Gasteiger partial charge on any atom is 0.573 e. The first-order chi connectivity index (χ1) is 8.90. The van der Waals surface area contributed by atoms with Crippen LogP contribution < -0.4 is 10.1 Å². The molecule has 1 saturated carbocycles. The molecule has 2 unspecified atom stereocenters. The van der Waals surface area contributed by atoms with Gasteiger partial charge in [0.1, 0.15) is 5.75 Å². The number of rotatable bonds is 5. The molecule has 0 heterocycles. The summed E-state index contributed by atoms with van der Waals surface area (Å²) in [6, 6.07) is 6.28. The molecular formula is C14H18F3NO.